The Hall–Kier alpha value is -0.330. The van der Waals surface area contributed by atoms with Crippen molar-refractivity contribution in [2.24, 2.45) is 11.8 Å². The summed E-state index contributed by atoms with van der Waals surface area (Å²) in [4.78, 5) is 11.3. The van der Waals surface area contributed by atoms with E-state index in [1.807, 2.05) is 13.8 Å². The fourth-order valence-corrected chi connectivity index (χ4v) is 1.16. The molecule has 0 aromatic heterocycles. The molecule has 0 unspecified atom stereocenters. The van der Waals surface area contributed by atoms with E-state index in [9.17, 15) is 4.79 Å². The van der Waals surface area contributed by atoms with Gasteiger partial charge in [0.05, 0.1) is 0 Å². The molecule has 0 atom stereocenters. The van der Waals surface area contributed by atoms with Crippen LogP contribution < -0.4 is 0 Å². The molecule has 0 aromatic rings. The third-order valence-corrected chi connectivity index (χ3v) is 1.96. The second kappa shape index (κ2) is 4.48. The second-order valence-corrected chi connectivity index (χ2v) is 3.07. The Morgan fingerprint density at radius 1 is 1.20 bits per heavy atom. The van der Waals surface area contributed by atoms with Crippen molar-refractivity contribution < 1.29 is 4.79 Å². The topological polar surface area (TPSA) is 17.1 Å². The fourth-order valence-electron chi connectivity index (χ4n) is 1.16. The standard InChI is InChI=1S/C9H18O/c1-5-8(6-2)9(10)7(3)4/h7-8H,5-6H2,1-4H3. The number of Topliss-reactive ketones (excluding diaryl/α,β-unsaturated/α-hetero) is 1. The smallest absolute Gasteiger partial charge is 0.138 e. The summed E-state index contributed by atoms with van der Waals surface area (Å²) in [5, 5.41) is 0. The van der Waals surface area contributed by atoms with E-state index in [2.05, 4.69) is 13.8 Å². The molecule has 0 aromatic carbocycles. The van der Waals surface area contributed by atoms with Crippen LogP contribution in [0, 0.1) is 11.8 Å². The van der Waals surface area contributed by atoms with Gasteiger partial charge in [-0.3, -0.25) is 4.79 Å². The highest BCUT2D eigenvalue weighted by Gasteiger charge is 2.16. The Bertz CT molecular complexity index is 101. The Morgan fingerprint density at radius 3 is 1.70 bits per heavy atom. The molecule has 10 heavy (non-hydrogen) atoms. The predicted octanol–water partition coefficient (Wildman–Crippen LogP) is 2.65. The molecule has 0 N–H and O–H groups in total. The van der Waals surface area contributed by atoms with Gasteiger partial charge in [-0.1, -0.05) is 27.7 Å². The van der Waals surface area contributed by atoms with Gasteiger partial charge >= 0.3 is 0 Å². The summed E-state index contributed by atoms with van der Waals surface area (Å²) in [5.74, 6) is 0.940. The lowest BCUT2D eigenvalue weighted by Crippen LogP contribution is -2.18. The van der Waals surface area contributed by atoms with Crippen LogP contribution in [-0.4, -0.2) is 5.78 Å². The van der Waals surface area contributed by atoms with Crippen molar-refractivity contribution >= 4 is 5.78 Å². The van der Waals surface area contributed by atoms with Crippen LogP contribution in [0.2, 0.25) is 0 Å². The Balaban J connectivity index is 3.89. The monoisotopic (exact) mass is 142 g/mol. The van der Waals surface area contributed by atoms with Crippen LogP contribution in [0.15, 0.2) is 0 Å². The summed E-state index contributed by atoms with van der Waals surface area (Å²) in [6.07, 6.45) is 1.99. The van der Waals surface area contributed by atoms with Crippen LogP contribution in [0.5, 0.6) is 0 Å². The van der Waals surface area contributed by atoms with Gasteiger partial charge in [0.2, 0.25) is 0 Å². The SMILES string of the molecule is CCC(CC)C(=O)C(C)C. The number of carbonyl (C=O) groups is 1. The molecule has 1 nitrogen and oxygen atoms in total. The van der Waals surface area contributed by atoms with Crippen LogP contribution >= 0.6 is 0 Å². The van der Waals surface area contributed by atoms with Crippen molar-refractivity contribution in [2.75, 3.05) is 0 Å². The zero-order chi connectivity index (χ0) is 8.15. The lowest BCUT2D eigenvalue weighted by molar-refractivity contribution is -0.126. The van der Waals surface area contributed by atoms with Crippen LogP contribution in [0.3, 0.4) is 0 Å². The zero-order valence-electron chi connectivity index (χ0n) is 7.48. The highest BCUT2D eigenvalue weighted by molar-refractivity contribution is 5.82. The van der Waals surface area contributed by atoms with Gasteiger partial charge in [0, 0.05) is 11.8 Å². The van der Waals surface area contributed by atoms with Crippen molar-refractivity contribution in [3.8, 4) is 0 Å². The van der Waals surface area contributed by atoms with Crippen molar-refractivity contribution in [1.29, 1.82) is 0 Å². The van der Waals surface area contributed by atoms with Gasteiger partial charge in [0.25, 0.3) is 0 Å². The third-order valence-electron chi connectivity index (χ3n) is 1.96. The van der Waals surface area contributed by atoms with Gasteiger partial charge in [-0.2, -0.15) is 0 Å². The molecule has 0 aliphatic rings. The summed E-state index contributed by atoms with van der Waals surface area (Å²) in [7, 11) is 0. The van der Waals surface area contributed by atoms with E-state index in [4.69, 9.17) is 0 Å². The third kappa shape index (κ3) is 2.51. The number of hydrogen-bond acceptors (Lipinski definition) is 1. The molecule has 0 aliphatic carbocycles. The average Bonchev–Trinajstić information content (AvgIpc) is 1.90. The first kappa shape index (κ1) is 9.67. The van der Waals surface area contributed by atoms with Crippen LogP contribution in [0.4, 0.5) is 0 Å². The van der Waals surface area contributed by atoms with E-state index in [1.165, 1.54) is 0 Å². The molecule has 0 spiro atoms. The molecule has 0 bridgehead atoms. The minimum Gasteiger partial charge on any atom is -0.299 e. The summed E-state index contributed by atoms with van der Waals surface area (Å²) in [5.41, 5.74) is 0. The van der Waals surface area contributed by atoms with Crippen LogP contribution in [-0.2, 0) is 4.79 Å². The second-order valence-electron chi connectivity index (χ2n) is 3.07. The molecule has 0 heterocycles. The van der Waals surface area contributed by atoms with Gasteiger partial charge in [-0.05, 0) is 12.8 Å². The molecule has 0 amide bonds. The fraction of sp³-hybridized carbons (Fsp3) is 0.889. The maximum absolute atomic E-state index is 11.3. The maximum atomic E-state index is 11.3. The first-order chi connectivity index (χ1) is 4.63. The highest BCUT2D eigenvalue weighted by atomic mass is 16.1. The summed E-state index contributed by atoms with van der Waals surface area (Å²) in [6.45, 7) is 8.10. The van der Waals surface area contributed by atoms with Gasteiger partial charge in [-0.15, -0.1) is 0 Å². The Kier molecular flexibility index (Phi) is 4.33. The highest BCUT2D eigenvalue weighted by Crippen LogP contribution is 2.13. The van der Waals surface area contributed by atoms with Gasteiger partial charge in [-0.25, -0.2) is 0 Å². The molecule has 60 valence electrons. The van der Waals surface area contributed by atoms with E-state index >= 15 is 0 Å². The first-order valence-corrected chi connectivity index (χ1v) is 4.17. The van der Waals surface area contributed by atoms with Crippen LogP contribution in [0.25, 0.3) is 0 Å². The molecule has 0 aliphatic heterocycles. The minimum absolute atomic E-state index is 0.213. The summed E-state index contributed by atoms with van der Waals surface area (Å²) >= 11 is 0. The molecule has 0 saturated carbocycles. The average molecular weight is 142 g/mol. The lowest BCUT2D eigenvalue weighted by atomic mass is 9.91. The van der Waals surface area contributed by atoms with Gasteiger partial charge in [0.15, 0.2) is 0 Å². The predicted molar refractivity (Wildman–Crippen MR) is 43.9 cm³/mol. The van der Waals surface area contributed by atoms with Crippen molar-refractivity contribution in [3.05, 3.63) is 0 Å². The molecule has 0 fully saturated rings. The molecular weight excluding hydrogens is 124 g/mol. The number of carbonyl (C=O) groups excluding carboxylic acids is 1. The minimum atomic E-state index is 0.213. The molecule has 0 saturated heterocycles. The van der Waals surface area contributed by atoms with Crippen molar-refractivity contribution in [3.63, 3.8) is 0 Å². The number of rotatable bonds is 4. The molecule has 0 radical (unpaired) electrons. The van der Waals surface area contributed by atoms with E-state index in [1.54, 1.807) is 0 Å². The number of ketones is 1. The Labute approximate surface area is 63.8 Å². The van der Waals surface area contributed by atoms with E-state index in [0.29, 0.717) is 11.7 Å². The first-order valence-electron chi connectivity index (χ1n) is 4.17. The van der Waals surface area contributed by atoms with Crippen molar-refractivity contribution in [2.45, 2.75) is 40.5 Å². The van der Waals surface area contributed by atoms with E-state index < -0.39 is 0 Å². The Morgan fingerprint density at radius 2 is 1.60 bits per heavy atom. The molecule has 1 heteroatoms. The van der Waals surface area contributed by atoms with Gasteiger partial charge in [0.1, 0.15) is 5.78 Å². The molecular formula is C9H18O. The normalized spacial score (nSPS) is 11.0. The number of hydrogen-bond donors (Lipinski definition) is 0. The largest absolute Gasteiger partial charge is 0.299 e. The summed E-state index contributed by atoms with van der Waals surface area (Å²) < 4.78 is 0. The van der Waals surface area contributed by atoms with Gasteiger partial charge < -0.3 is 0 Å². The quantitative estimate of drug-likeness (QED) is 0.589. The lowest BCUT2D eigenvalue weighted by Gasteiger charge is -2.12. The molecule has 0 rings (SSSR count). The zero-order valence-corrected chi connectivity index (χ0v) is 7.48. The van der Waals surface area contributed by atoms with Crippen LogP contribution in [0.1, 0.15) is 40.5 Å². The van der Waals surface area contributed by atoms with E-state index in [0.717, 1.165) is 12.8 Å². The summed E-state index contributed by atoms with van der Waals surface area (Å²) in [6, 6.07) is 0. The van der Waals surface area contributed by atoms with Crippen molar-refractivity contribution in [1.82, 2.24) is 0 Å². The van der Waals surface area contributed by atoms with E-state index in [-0.39, 0.29) is 5.92 Å². The maximum Gasteiger partial charge on any atom is 0.138 e.